The van der Waals surface area contributed by atoms with Crippen molar-refractivity contribution in [1.29, 1.82) is 0 Å². The SMILES string of the molecule is COC1CCN(C(=O)C2CNC(=O)CN2)C1. The fourth-order valence-electron chi connectivity index (χ4n) is 2.08. The lowest BCUT2D eigenvalue weighted by Gasteiger charge is -2.27. The second-order valence-electron chi connectivity index (χ2n) is 4.17. The zero-order valence-electron chi connectivity index (χ0n) is 9.36. The Morgan fingerprint density at radius 1 is 1.56 bits per heavy atom. The highest BCUT2D eigenvalue weighted by molar-refractivity contribution is 5.87. The Hall–Kier alpha value is -1.14. The van der Waals surface area contributed by atoms with Crippen LogP contribution in [0.15, 0.2) is 0 Å². The fraction of sp³-hybridized carbons (Fsp3) is 0.800. The van der Waals surface area contributed by atoms with Gasteiger partial charge in [-0.25, -0.2) is 0 Å². The molecule has 0 aromatic rings. The van der Waals surface area contributed by atoms with Gasteiger partial charge in [0, 0.05) is 26.7 Å². The van der Waals surface area contributed by atoms with Crippen molar-refractivity contribution in [1.82, 2.24) is 15.5 Å². The van der Waals surface area contributed by atoms with Crippen molar-refractivity contribution >= 4 is 11.8 Å². The number of carbonyl (C=O) groups is 2. The number of carbonyl (C=O) groups excluding carboxylic acids is 2. The molecule has 0 aliphatic carbocycles. The molecule has 6 nitrogen and oxygen atoms in total. The van der Waals surface area contributed by atoms with Crippen LogP contribution in [0.2, 0.25) is 0 Å². The van der Waals surface area contributed by atoms with E-state index in [0.717, 1.165) is 13.0 Å². The topological polar surface area (TPSA) is 70.7 Å². The first-order chi connectivity index (χ1) is 7.70. The number of amides is 2. The highest BCUT2D eigenvalue weighted by Gasteiger charge is 2.32. The number of ether oxygens (including phenoxy) is 1. The zero-order valence-corrected chi connectivity index (χ0v) is 9.36. The Morgan fingerprint density at radius 3 is 2.94 bits per heavy atom. The quantitative estimate of drug-likeness (QED) is 0.591. The maximum Gasteiger partial charge on any atom is 0.241 e. The minimum Gasteiger partial charge on any atom is -0.380 e. The molecule has 0 radical (unpaired) electrons. The molecule has 6 heteroatoms. The van der Waals surface area contributed by atoms with Crippen LogP contribution in [0, 0.1) is 0 Å². The fourth-order valence-corrected chi connectivity index (χ4v) is 2.08. The third-order valence-electron chi connectivity index (χ3n) is 3.10. The third-order valence-corrected chi connectivity index (χ3v) is 3.10. The van der Waals surface area contributed by atoms with Crippen molar-refractivity contribution in [3.8, 4) is 0 Å². The first-order valence-electron chi connectivity index (χ1n) is 5.52. The predicted molar refractivity (Wildman–Crippen MR) is 56.8 cm³/mol. The molecule has 0 saturated carbocycles. The standard InChI is InChI=1S/C10H17N3O3/c1-16-7-2-3-13(6-7)10(15)8-4-12-9(14)5-11-8/h7-8,11H,2-6H2,1H3,(H,12,14). The second kappa shape index (κ2) is 4.80. The van der Waals surface area contributed by atoms with Gasteiger partial charge in [-0.3, -0.25) is 14.9 Å². The average Bonchev–Trinajstić information content (AvgIpc) is 2.77. The second-order valence-corrected chi connectivity index (χ2v) is 4.17. The summed E-state index contributed by atoms with van der Waals surface area (Å²) in [5.74, 6) is -0.000194. The van der Waals surface area contributed by atoms with Gasteiger partial charge in [-0.1, -0.05) is 0 Å². The normalized spacial score (nSPS) is 30.3. The third kappa shape index (κ3) is 2.33. The zero-order chi connectivity index (χ0) is 11.5. The van der Waals surface area contributed by atoms with Crippen LogP contribution in [0.4, 0.5) is 0 Å². The lowest BCUT2D eigenvalue weighted by Crippen LogP contribution is -2.58. The van der Waals surface area contributed by atoms with Crippen LogP contribution in [-0.4, -0.2) is 62.1 Å². The molecule has 2 aliphatic heterocycles. The molecule has 0 bridgehead atoms. The van der Waals surface area contributed by atoms with Gasteiger partial charge in [-0.05, 0) is 6.42 Å². The Morgan fingerprint density at radius 2 is 2.38 bits per heavy atom. The molecule has 2 rings (SSSR count). The first-order valence-corrected chi connectivity index (χ1v) is 5.52. The minimum atomic E-state index is -0.284. The van der Waals surface area contributed by atoms with Gasteiger partial charge in [-0.15, -0.1) is 0 Å². The van der Waals surface area contributed by atoms with E-state index in [0.29, 0.717) is 13.1 Å². The Labute approximate surface area is 94.3 Å². The van der Waals surface area contributed by atoms with Crippen molar-refractivity contribution in [3.05, 3.63) is 0 Å². The van der Waals surface area contributed by atoms with Crippen molar-refractivity contribution in [3.63, 3.8) is 0 Å². The Balaban J connectivity index is 1.86. The van der Waals surface area contributed by atoms with E-state index in [9.17, 15) is 9.59 Å². The van der Waals surface area contributed by atoms with Crippen LogP contribution in [0.5, 0.6) is 0 Å². The molecule has 16 heavy (non-hydrogen) atoms. The number of hydrogen-bond acceptors (Lipinski definition) is 4. The number of likely N-dealkylation sites (tertiary alicyclic amines) is 1. The average molecular weight is 227 g/mol. The highest BCUT2D eigenvalue weighted by atomic mass is 16.5. The molecule has 2 unspecified atom stereocenters. The van der Waals surface area contributed by atoms with E-state index in [4.69, 9.17) is 4.74 Å². The summed E-state index contributed by atoms with van der Waals surface area (Å²) < 4.78 is 5.21. The van der Waals surface area contributed by atoms with Gasteiger partial charge in [0.1, 0.15) is 6.04 Å². The van der Waals surface area contributed by atoms with Gasteiger partial charge in [0.25, 0.3) is 0 Å². The van der Waals surface area contributed by atoms with E-state index in [1.165, 1.54) is 0 Å². The smallest absolute Gasteiger partial charge is 0.241 e. The predicted octanol–water partition coefficient (Wildman–Crippen LogP) is -1.68. The lowest BCUT2D eigenvalue weighted by molar-refractivity contribution is -0.134. The number of piperazine rings is 1. The minimum absolute atomic E-state index is 0.0551. The molecule has 2 saturated heterocycles. The molecule has 2 heterocycles. The molecule has 2 amide bonds. The van der Waals surface area contributed by atoms with Gasteiger partial charge in [0.05, 0.1) is 12.6 Å². The van der Waals surface area contributed by atoms with E-state index in [2.05, 4.69) is 10.6 Å². The summed E-state index contributed by atoms with van der Waals surface area (Å²) in [4.78, 5) is 24.8. The van der Waals surface area contributed by atoms with Crippen LogP contribution in [-0.2, 0) is 14.3 Å². The number of methoxy groups -OCH3 is 1. The largest absolute Gasteiger partial charge is 0.380 e. The van der Waals surface area contributed by atoms with Crippen LogP contribution >= 0.6 is 0 Å². The summed E-state index contributed by atoms with van der Waals surface area (Å²) in [6.45, 7) is 1.99. The maximum absolute atomic E-state index is 12.0. The number of nitrogens with zero attached hydrogens (tertiary/aromatic N) is 1. The van der Waals surface area contributed by atoms with E-state index in [1.54, 1.807) is 12.0 Å². The molecule has 0 aromatic heterocycles. The van der Waals surface area contributed by atoms with Crippen LogP contribution < -0.4 is 10.6 Å². The molecule has 2 aliphatic rings. The molecule has 0 aromatic carbocycles. The summed E-state index contributed by atoms with van der Waals surface area (Å²) in [7, 11) is 1.66. The van der Waals surface area contributed by atoms with Crippen LogP contribution in [0.3, 0.4) is 0 Å². The molecule has 2 atom stereocenters. The highest BCUT2D eigenvalue weighted by Crippen LogP contribution is 2.13. The van der Waals surface area contributed by atoms with E-state index in [-0.39, 0.29) is 30.5 Å². The number of hydrogen-bond donors (Lipinski definition) is 2. The lowest BCUT2D eigenvalue weighted by atomic mass is 10.2. The van der Waals surface area contributed by atoms with Crippen molar-refractivity contribution in [2.45, 2.75) is 18.6 Å². The molecule has 2 fully saturated rings. The van der Waals surface area contributed by atoms with E-state index in [1.807, 2.05) is 0 Å². The maximum atomic E-state index is 12.0. The summed E-state index contributed by atoms with van der Waals surface area (Å²) in [6.07, 6.45) is 1.04. The van der Waals surface area contributed by atoms with Gasteiger partial charge in [0.2, 0.25) is 11.8 Å². The van der Waals surface area contributed by atoms with Crippen LogP contribution in [0.1, 0.15) is 6.42 Å². The molecular weight excluding hydrogens is 210 g/mol. The summed E-state index contributed by atoms with van der Waals surface area (Å²) >= 11 is 0. The van der Waals surface area contributed by atoms with Crippen molar-refractivity contribution < 1.29 is 14.3 Å². The molecule has 0 spiro atoms. The van der Waals surface area contributed by atoms with Gasteiger partial charge in [-0.2, -0.15) is 0 Å². The van der Waals surface area contributed by atoms with Crippen molar-refractivity contribution in [2.24, 2.45) is 0 Å². The van der Waals surface area contributed by atoms with Crippen LogP contribution in [0.25, 0.3) is 0 Å². The molecule has 90 valence electrons. The van der Waals surface area contributed by atoms with Gasteiger partial charge >= 0.3 is 0 Å². The molecule has 2 N–H and O–H groups in total. The van der Waals surface area contributed by atoms with Gasteiger partial charge in [0.15, 0.2) is 0 Å². The number of rotatable bonds is 2. The summed E-state index contributed by atoms with van der Waals surface area (Å²) in [6, 6.07) is -0.284. The molecular formula is C10H17N3O3. The van der Waals surface area contributed by atoms with E-state index >= 15 is 0 Å². The number of nitrogens with one attached hydrogen (secondary N) is 2. The summed E-state index contributed by atoms with van der Waals surface area (Å²) in [5, 5.41) is 5.62. The Kier molecular flexibility index (Phi) is 3.40. The Bertz CT molecular complexity index is 285. The first kappa shape index (κ1) is 11.3. The van der Waals surface area contributed by atoms with Crippen molar-refractivity contribution in [2.75, 3.05) is 33.3 Å². The summed E-state index contributed by atoms with van der Waals surface area (Å²) in [5.41, 5.74) is 0. The monoisotopic (exact) mass is 227 g/mol. The van der Waals surface area contributed by atoms with Gasteiger partial charge < -0.3 is 15.0 Å². The van der Waals surface area contributed by atoms with E-state index < -0.39 is 0 Å².